The fraction of sp³-hybridized carbons (Fsp3) is 0.182. The van der Waals surface area contributed by atoms with Gasteiger partial charge in [-0.3, -0.25) is 9.79 Å². The van der Waals surface area contributed by atoms with Crippen molar-refractivity contribution in [3.05, 3.63) is 65.3 Å². The lowest BCUT2D eigenvalue weighted by Crippen LogP contribution is -2.23. The molecule has 1 heterocycles. The van der Waals surface area contributed by atoms with E-state index in [4.69, 9.17) is 22.1 Å². The Morgan fingerprint density at radius 3 is 2.71 bits per heavy atom. The average Bonchev–Trinajstić information content (AvgIpc) is 2.78. The summed E-state index contributed by atoms with van der Waals surface area (Å²) in [5.41, 5.74) is 7.09. The number of aromatic nitrogens is 1. The number of fused-ring (bicyclic) bond motifs is 1. The highest BCUT2D eigenvalue weighted by molar-refractivity contribution is 6.31. The minimum atomic E-state index is -0.198. The predicted molar refractivity (Wildman–Crippen MR) is 127 cm³/mol. The van der Waals surface area contributed by atoms with Crippen molar-refractivity contribution < 1.29 is 9.53 Å². The van der Waals surface area contributed by atoms with Crippen LogP contribution in [0.5, 0.6) is 5.75 Å². The molecule has 0 atom stereocenters. The van der Waals surface area contributed by atoms with Gasteiger partial charge < -0.3 is 20.7 Å². The molecule has 162 valence electrons. The lowest BCUT2D eigenvalue weighted by Gasteiger charge is -2.13. The molecule has 0 aliphatic carbocycles. The van der Waals surface area contributed by atoms with Gasteiger partial charge in [-0.15, -0.1) is 0 Å². The summed E-state index contributed by atoms with van der Waals surface area (Å²) in [7, 11) is 6.72. The normalized spacial score (nSPS) is 13.3. The molecule has 9 heteroatoms. The Balaban J connectivity index is 2.43. The lowest BCUT2D eigenvalue weighted by atomic mass is 10.1. The Labute approximate surface area is 186 Å². The monoisotopic (exact) mass is 440 g/mol. The number of carbonyl (C=O) groups excluding carboxylic acids is 1. The molecule has 0 saturated carbocycles. The zero-order valence-electron chi connectivity index (χ0n) is 17.8. The van der Waals surface area contributed by atoms with E-state index >= 15 is 0 Å². The van der Waals surface area contributed by atoms with Gasteiger partial charge in [0, 0.05) is 58.3 Å². The minimum absolute atomic E-state index is 0.198. The fourth-order valence-electron chi connectivity index (χ4n) is 2.49. The molecule has 2 aromatic rings. The summed E-state index contributed by atoms with van der Waals surface area (Å²) in [6, 6.07) is 9.00. The number of hydrogen-bond acceptors (Lipinski definition) is 6. The molecule has 0 aliphatic rings. The zero-order chi connectivity index (χ0) is 22.8. The van der Waals surface area contributed by atoms with Gasteiger partial charge in [0.2, 0.25) is 0 Å². The van der Waals surface area contributed by atoms with Crippen LogP contribution in [0, 0.1) is 0 Å². The van der Waals surface area contributed by atoms with E-state index in [1.807, 2.05) is 12.1 Å². The maximum Gasteiger partial charge on any atom is 0.257 e. The van der Waals surface area contributed by atoms with E-state index in [-0.39, 0.29) is 10.9 Å². The lowest BCUT2D eigenvalue weighted by molar-refractivity contribution is -0.122. The zero-order valence-corrected chi connectivity index (χ0v) is 18.6. The van der Waals surface area contributed by atoms with Gasteiger partial charge >= 0.3 is 0 Å². The van der Waals surface area contributed by atoms with E-state index in [0.29, 0.717) is 28.3 Å². The highest BCUT2D eigenvalue weighted by atomic mass is 35.5. The number of nitrogens with one attached hydrogen (secondary N) is 1. The molecule has 0 aliphatic heterocycles. The number of nitrogens with zero attached hydrogens (tertiary/aromatic N) is 4. The number of benzene rings is 1. The number of amides is 1. The highest BCUT2D eigenvalue weighted by Gasteiger charge is 2.16. The number of likely N-dealkylation sites (N-methyl/N-ethyl adjacent to an activating group) is 1. The molecule has 8 nitrogen and oxygen atoms in total. The van der Waals surface area contributed by atoms with Gasteiger partial charge in [0.05, 0.1) is 28.2 Å². The number of rotatable bonds is 8. The van der Waals surface area contributed by atoms with Crippen LogP contribution < -0.4 is 15.8 Å². The van der Waals surface area contributed by atoms with Gasteiger partial charge in [-0.1, -0.05) is 17.7 Å². The van der Waals surface area contributed by atoms with Crippen LogP contribution in [0.25, 0.3) is 16.5 Å². The molecule has 0 bridgehead atoms. The standard InChI is InChI=1S/C22H25ClN6O2/c1-25-10-9-21(18(23)12-24)31-16-6-8-19-15(11-16)5-7-20(28-19)17(13-27-14-26-2)22(30)29(3)4/h5-14H,24H2,1-4H3,(H,26,27)/b17-13-,18-12-,21-9+,25-10-. The first-order valence-electron chi connectivity index (χ1n) is 9.31. The largest absolute Gasteiger partial charge is 0.456 e. The molecule has 0 saturated heterocycles. The van der Waals surface area contributed by atoms with Crippen LogP contribution in [0.15, 0.2) is 69.6 Å². The third-order valence-corrected chi connectivity index (χ3v) is 4.28. The Hall–Kier alpha value is -3.65. The van der Waals surface area contributed by atoms with Gasteiger partial charge in [0.15, 0.2) is 0 Å². The van der Waals surface area contributed by atoms with Crippen LogP contribution in [0.4, 0.5) is 0 Å². The molecule has 1 amide bonds. The Morgan fingerprint density at radius 1 is 1.29 bits per heavy atom. The summed E-state index contributed by atoms with van der Waals surface area (Å²) in [5, 5.41) is 3.87. The van der Waals surface area contributed by atoms with Gasteiger partial charge in [0.25, 0.3) is 5.91 Å². The van der Waals surface area contributed by atoms with E-state index in [0.717, 1.165) is 5.39 Å². The molecule has 2 rings (SSSR count). The second-order valence-electron chi connectivity index (χ2n) is 6.42. The average molecular weight is 441 g/mol. The number of nitrogens with two attached hydrogens (primary N) is 1. The predicted octanol–water partition coefficient (Wildman–Crippen LogP) is 2.91. The van der Waals surface area contributed by atoms with E-state index in [1.165, 1.54) is 23.6 Å². The van der Waals surface area contributed by atoms with Crippen molar-refractivity contribution >= 4 is 46.5 Å². The summed E-state index contributed by atoms with van der Waals surface area (Å²) in [6.07, 6.45) is 7.40. The number of carbonyl (C=O) groups is 1. The fourth-order valence-corrected chi connectivity index (χ4v) is 2.59. The first kappa shape index (κ1) is 23.6. The molecule has 1 aromatic heterocycles. The topological polar surface area (TPSA) is 105 Å². The van der Waals surface area contributed by atoms with Crippen LogP contribution in [-0.4, -0.2) is 56.5 Å². The first-order chi connectivity index (χ1) is 14.9. The SMILES string of the molecule is C\N=C/C=C(Oc1ccc2nc(/C(=C/N=C/NC)C(=O)N(C)C)ccc2c1)\C(Cl)=C\N. The van der Waals surface area contributed by atoms with Crippen LogP contribution in [-0.2, 0) is 4.79 Å². The molecular weight excluding hydrogens is 416 g/mol. The van der Waals surface area contributed by atoms with E-state index < -0.39 is 0 Å². The quantitative estimate of drug-likeness (QED) is 0.216. The maximum absolute atomic E-state index is 12.6. The van der Waals surface area contributed by atoms with Crippen LogP contribution in [0.2, 0.25) is 0 Å². The van der Waals surface area contributed by atoms with Gasteiger partial charge in [-0.05, 0) is 24.3 Å². The molecule has 0 fully saturated rings. The van der Waals surface area contributed by atoms with Crippen molar-refractivity contribution in [2.45, 2.75) is 0 Å². The van der Waals surface area contributed by atoms with E-state index in [2.05, 4.69) is 20.3 Å². The van der Waals surface area contributed by atoms with E-state index in [1.54, 1.807) is 58.7 Å². The molecule has 31 heavy (non-hydrogen) atoms. The second kappa shape index (κ2) is 11.5. The van der Waals surface area contributed by atoms with Crippen molar-refractivity contribution in [1.29, 1.82) is 0 Å². The molecule has 0 unspecified atom stereocenters. The van der Waals surface area contributed by atoms with Crippen molar-refractivity contribution in [2.24, 2.45) is 15.7 Å². The molecule has 0 radical (unpaired) electrons. The number of pyridine rings is 1. The van der Waals surface area contributed by atoms with Crippen LogP contribution in [0.3, 0.4) is 0 Å². The van der Waals surface area contributed by atoms with Crippen molar-refractivity contribution in [2.75, 3.05) is 28.2 Å². The van der Waals surface area contributed by atoms with Crippen LogP contribution in [0.1, 0.15) is 5.69 Å². The number of ether oxygens (including phenoxy) is 1. The van der Waals surface area contributed by atoms with Crippen LogP contribution >= 0.6 is 11.6 Å². The highest BCUT2D eigenvalue weighted by Crippen LogP contribution is 2.26. The molecular formula is C22H25ClN6O2. The molecule has 3 N–H and O–H groups in total. The number of hydrogen-bond donors (Lipinski definition) is 2. The van der Waals surface area contributed by atoms with Crippen molar-refractivity contribution in [3.63, 3.8) is 0 Å². The van der Waals surface area contributed by atoms with Gasteiger partial charge in [-0.25, -0.2) is 9.98 Å². The van der Waals surface area contributed by atoms with Crippen molar-refractivity contribution in [1.82, 2.24) is 15.2 Å². The smallest absolute Gasteiger partial charge is 0.257 e. The van der Waals surface area contributed by atoms with Gasteiger partial charge in [0.1, 0.15) is 11.5 Å². The summed E-state index contributed by atoms with van der Waals surface area (Å²) in [5.74, 6) is 0.718. The summed E-state index contributed by atoms with van der Waals surface area (Å²) < 4.78 is 5.85. The number of halogens is 1. The van der Waals surface area contributed by atoms with E-state index in [9.17, 15) is 4.79 Å². The summed E-state index contributed by atoms with van der Waals surface area (Å²) in [4.78, 5) is 26.7. The third-order valence-electron chi connectivity index (χ3n) is 3.96. The molecule has 0 spiro atoms. The Kier molecular flexibility index (Phi) is 8.78. The van der Waals surface area contributed by atoms with Crippen molar-refractivity contribution in [3.8, 4) is 5.75 Å². The minimum Gasteiger partial charge on any atom is -0.456 e. The Bertz CT molecular complexity index is 1090. The first-order valence-corrected chi connectivity index (χ1v) is 9.69. The number of aliphatic imine (C=N–C) groups is 2. The maximum atomic E-state index is 12.6. The summed E-state index contributed by atoms with van der Waals surface area (Å²) >= 11 is 6.11. The van der Waals surface area contributed by atoms with Gasteiger partial charge in [-0.2, -0.15) is 0 Å². The second-order valence-corrected chi connectivity index (χ2v) is 6.82. The Morgan fingerprint density at radius 2 is 2.06 bits per heavy atom. The summed E-state index contributed by atoms with van der Waals surface area (Å²) in [6.45, 7) is 0. The third kappa shape index (κ3) is 6.42. The number of allylic oxidation sites excluding steroid dienone is 2. The molecule has 1 aromatic carbocycles.